The average Bonchev–Trinajstić information content (AvgIpc) is 2.81. The number of carbonyl (C=O) groups excluding carboxylic acids is 2. The Balaban J connectivity index is 2.44. The van der Waals surface area contributed by atoms with Gasteiger partial charge in [0.25, 0.3) is 0 Å². The van der Waals surface area contributed by atoms with Crippen LogP contribution in [0.1, 0.15) is 60.2 Å². The second kappa shape index (κ2) is 12.9. The van der Waals surface area contributed by atoms with Gasteiger partial charge in [-0.3, -0.25) is 0 Å². The van der Waals surface area contributed by atoms with E-state index in [1.165, 1.54) is 0 Å². The molecule has 2 aromatic rings. The molecule has 0 unspecified atom stereocenters. The molecule has 0 aromatic heterocycles. The van der Waals surface area contributed by atoms with Crippen LogP contribution in [0.3, 0.4) is 0 Å². The number of benzene rings is 2. The molecule has 2 rings (SSSR count). The van der Waals surface area contributed by atoms with Crippen molar-refractivity contribution in [1.82, 2.24) is 0 Å². The predicted molar refractivity (Wildman–Crippen MR) is 138 cm³/mol. The predicted octanol–water partition coefficient (Wildman–Crippen LogP) is 5.87. The van der Waals surface area contributed by atoms with Crippen LogP contribution in [0, 0.1) is 0 Å². The fourth-order valence-electron chi connectivity index (χ4n) is 3.76. The summed E-state index contributed by atoms with van der Waals surface area (Å²) in [6, 6.07) is 14.8. The summed E-state index contributed by atoms with van der Waals surface area (Å²) in [7, 11) is 7.59. The normalized spacial score (nSPS) is 11.1. The first-order valence-electron chi connectivity index (χ1n) is 11.7. The van der Waals surface area contributed by atoms with Crippen LogP contribution in [0.25, 0.3) is 0 Å². The molecule has 0 saturated heterocycles. The molecule has 0 saturated carbocycles. The first-order chi connectivity index (χ1) is 15.7. The van der Waals surface area contributed by atoms with E-state index in [9.17, 15) is 9.59 Å². The molecule has 180 valence electrons. The van der Waals surface area contributed by atoms with E-state index in [-0.39, 0.29) is 0 Å². The Bertz CT molecular complexity index is 855. The van der Waals surface area contributed by atoms with Crippen molar-refractivity contribution in [2.75, 3.05) is 38.0 Å². The molecular formula is C26H38N2O4Sn. The number of nitrogens with zero attached hydrogens (tertiary/aromatic N) is 2. The molecule has 0 amide bonds. The summed E-state index contributed by atoms with van der Waals surface area (Å²) < 4.78 is 13.9. The van der Waals surface area contributed by atoms with Gasteiger partial charge in [0, 0.05) is 0 Å². The fourth-order valence-corrected chi connectivity index (χ4v) is 13.4. The summed E-state index contributed by atoms with van der Waals surface area (Å²) in [6.45, 7) is 4.20. The van der Waals surface area contributed by atoms with Crippen molar-refractivity contribution in [3.05, 3.63) is 59.7 Å². The minimum atomic E-state index is -4.13. The van der Waals surface area contributed by atoms with Gasteiger partial charge < -0.3 is 0 Å². The second-order valence-corrected chi connectivity index (χ2v) is 17.9. The first kappa shape index (κ1) is 27.0. The van der Waals surface area contributed by atoms with Crippen molar-refractivity contribution in [3.63, 3.8) is 0 Å². The van der Waals surface area contributed by atoms with Crippen molar-refractivity contribution >= 4 is 42.5 Å². The molecule has 6 nitrogen and oxygen atoms in total. The summed E-state index contributed by atoms with van der Waals surface area (Å²) >= 11 is -4.13. The molecule has 0 aliphatic rings. The van der Waals surface area contributed by atoms with Crippen LogP contribution in [-0.2, 0) is 6.15 Å². The molecule has 0 bridgehead atoms. The standard InChI is InChI=1S/2C9H11NO2.2C4H9.Sn/c2*1-10(2)8-6-4-3-5-7(8)9(11)12;2*1-3-4-2;/h2*3-6H,1-2H3,(H,11,12);2*1,3-4H2,2H3;/q;;;;+2/p-2. The third kappa shape index (κ3) is 7.39. The van der Waals surface area contributed by atoms with E-state index in [1.807, 2.05) is 74.4 Å². The van der Waals surface area contributed by atoms with Crippen molar-refractivity contribution in [2.24, 2.45) is 0 Å². The molecule has 0 fully saturated rings. The maximum atomic E-state index is 13.4. The van der Waals surface area contributed by atoms with Crippen LogP contribution in [0.2, 0.25) is 8.87 Å². The number of unbranched alkanes of at least 4 members (excludes halogenated alkanes) is 2. The number of hydrogen-bond donors (Lipinski definition) is 0. The third-order valence-electron chi connectivity index (χ3n) is 5.59. The molecule has 0 heterocycles. The molecule has 0 radical (unpaired) electrons. The summed E-state index contributed by atoms with van der Waals surface area (Å²) in [5.74, 6) is -0.785. The van der Waals surface area contributed by atoms with Crippen molar-refractivity contribution in [3.8, 4) is 0 Å². The maximum absolute atomic E-state index is 13.4. The molecule has 0 aliphatic carbocycles. The van der Waals surface area contributed by atoms with E-state index in [0.717, 1.165) is 37.1 Å². The van der Waals surface area contributed by atoms with E-state index < -0.39 is 31.1 Å². The average molecular weight is 561 g/mol. The Kier molecular flexibility index (Phi) is 10.5. The number of carbonyl (C=O) groups is 2. The summed E-state index contributed by atoms with van der Waals surface area (Å²) in [6.07, 6.45) is 3.63. The van der Waals surface area contributed by atoms with E-state index in [1.54, 1.807) is 12.1 Å². The van der Waals surface area contributed by atoms with Crippen molar-refractivity contribution in [1.29, 1.82) is 0 Å². The number of anilines is 2. The van der Waals surface area contributed by atoms with Gasteiger partial charge >= 0.3 is 204 Å². The number of rotatable bonds is 12. The van der Waals surface area contributed by atoms with E-state index >= 15 is 0 Å². The molecule has 2 aromatic carbocycles. The minimum absolute atomic E-state index is 0.393. The Labute approximate surface area is 203 Å². The van der Waals surface area contributed by atoms with Gasteiger partial charge in [0.05, 0.1) is 0 Å². The van der Waals surface area contributed by atoms with Gasteiger partial charge in [-0.25, -0.2) is 0 Å². The zero-order chi connectivity index (χ0) is 24.4. The molecular weight excluding hydrogens is 523 g/mol. The quantitative estimate of drug-likeness (QED) is 0.302. The Morgan fingerprint density at radius 2 is 1.06 bits per heavy atom. The molecule has 0 spiro atoms. The first-order valence-corrected chi connectivity index (χ1v) is 18.1. The van der Waals surface area contributed by atoms with E-state index in [2.05, 4.69) is 13.8 Å². The summed E-state index contributed by atoms with van der Waals surface area (Å²) in [5.41, 5.74) is 2.58. The third-order valence-corrected chi connectivity index (χ3v) is 15.1. The van der Waals surface area contributed by atoms with Crippen LogP contribution < -0.4 is 9.80 Å². The molecule has 7 heteroatoms. The van der Waals surface area contributed by atoms with Gasteiger partial charge in [0.2, 0.25) is 0 Å². The van der Waals surface area contributed by atoms with Crippen LogP contribution >= 0.6 is 0 Å². The Morgan fingerprint density at radius 1 is 0.697 bits per heavy atom. The van der Waals surface area contributed by atoms with Crippen LogP contribution in [0.5, 0.6) is 0 Å². The SMILES string of the molecule is CCC[CH2][Sn]([CH2]CCC)([O]C(=O)c1ccccc1N(C)C)[O]C(=O)c1ccccc1N(C)C. The zero-order valence-electron chi connectivity index (χ0n) is 20.9. The van der Waals surface area contributed by atoms with Crippen molar-refractivity contribution < 1.29 is 15.7 Å². The van der Waals surface area contributed by atoms with Gasteiger partial charge in [0.15, 0.2) is 0 Å². The van der Waals surface area contributed by atoms with Crippen LogP contribution in [0.4, 0.5) is 11.4 Å². The molecule has 0 atom stereocenters. The summed E-state index contributed by atoms with van der Waals surface area (Å²) in [4.78, 5) is 30.6. The Hall–Kier alpha value is -2.22. The van der Waals surface area contributed by atoms with Gasteiger partial charge in [-0.05, 0) is 0 Å². The van der Waals surface area contributed by atoms with Gasteiger partial charge in [-0.1, -0.05) is 0 Å². The number of para-hydroxylation sites is 2. The van der Waals surface area contributed by atoms with Crippen LogP contribution in [-0.4, -0.2) is 59.3 Å². The van der Waals surface area contributed by atoms with Gasteiger partial charge in [-0.2, -0.15) is 0 Å². The summed E-state index contributed by atoms with van der Waals surface area (Å²) in [5, 5.41) is 0. The topological polar surface area (TPSA) is 59.1 Å². The van der Waals surface area contributed by atoms with Crippen LogP contribution in [0.15, 0.2) is 48.5 Å². The monoisotopic (exact) mass is 562 g/mol. The van der Waals surface area contributed by atoms with Gasteiger partial charge in [-0.15, -0.1) is 0 Å². The molecule has 0 aliphatic heterocycles. The zero-order valence-corrected chi connectivity index (χ0v) is 23.7. The van der Waals surface area contributed by atoms with E-state index in [0.29, 0.717) is 20.0 Å². The van der Waals surface area contributed by atoms with E-state index in [4.69, 9.17) is 6.15 Å². The molecule has 0 N–H and O–H groups in total. The Morgan fingerprint density at radius 3 is 1.39 bits per heavy atom. The number of hydrogen-bond acceptors (Lipinski definition) is 6. The van der Waals surface area contributed by atoms with Gasteiger partial charge in [0.1, 0.15) is 0 Å². The van der Waals surface area contributed by atoms with Crippen molar-refractivity contribution in [2.45, 2.75) is 48.4 Å². The second-order valence-electron chi connectivity index (χ2n) is 8.72. The molecule has 33 heavy (non-hydrogen) atoms. The fraction of sp³-hybridized carbons (Fsp3) is 0.462.